The van der Waals surface area contributed by atoms with Crippen LogP contribution in [0.4, 0.5) is 5.69 Å². The van der Waals surface area contributed by atoms with Crippen molar-refractivity contribution in [2.45, 2.75) is 12.8 Å². The highest BCUT2D eigenvalue weighted by Gasteiger charge is 2.22. The van der Waals surface area contributed by atoms with Gasteiger partial charge in [-0.3, -0.25) is 4.99 Å². The minimum atomic E-state index is 0. The van der Waals surface area contributed by atoms with Crippen LogP contribution in [0, 0.1) is 5.92 Å². The first-order valence-electron chi connectivity index (χ1n) is 9.66. The molecule has 0 aromatic heterocycles. The molecule has 0 saturated carbocycles. The van der Waals surface area contributed by atoms with Gasteiger partial charge in [-0.25, -0.2) is 0 Å². The van der Waals surface area contributed by atoms with Gasteiger partial charge in [0.15, 0.2) is 5.96 Å². The molecule has 152 valence electrons. The standard InChI is InChI=1S/C22H30N4O.HI/c1-23-22(24-14-12-18-8-10-21(27-2)11-9-18)25-16-19-13-15-26(17-19)20-6-4-3-5-7-20;/h3-11,19H,12-17H2,1-2H3,(H2,23,24,25);1H. The molecular formula is C22H31IN4O. The van der Waals surface area contributed by atoms with Gasteiger partial charge in [-0.1, -0.05) is 30.3 Å². The first kappa shape index (κ1) is 22.3. The van der Waals surface area contributed by atoms with E-state index in [1.165, 1.54) is 17.7 Å². The predicted molar refractivity (Wildman–Crippen MR) is 128 cm³/mol. The molecule has 2 aromatic rings. The molecule has 0 amide bonds. The highest BCUT2D eigenvalue weighted by molar-refractivity contribution is 14.0. The summed E-state index contributed by atoms with van der Waals surface area (Å²) < 4.78 is 5.20. The summed E-state index contributed by atoms with van der Waals surface area (Å²) in [6.45, 7) is 4.03. The summed E-state index contributed by atoms with van der Waals surface area (Å²) in [6.07, 6.45) is 2.17. The molecular weight excluding hydrogens is 463 g/mol. The summed E-state index contributed by atoms with van der Waals surface area (Å²) in [6, 6.07) is 18.9. The maximum atomic E-state index is 5.20. The van der Waals surface area contributed by atoms with Crippen LogP contribution >= 0.6 is 24.0 Å². The molecule has 1 aliphatic heterocycles. The third-order valence-corrected chi connectivity index (χ3v) is 5.05. The number of methoxy groups -OCH3 is 1. The molecule has 1 aliphatic rings. The number of benzene rings is 2. The fourth-order valence-corrected chi connectivity index (χ4v) is 3.45. The first-order chi connectivity index (χ1) is 13.3. The van der Waals surface area contributed by atoms with Gasteiger partial charge >= 0.3 is 0 Å². The van der Waals surface area contributed by atoms with Crippen LogP contribution in [0.5, 0.6) is 5.75 Å². The molecule has 6 heteroatoms. The molecule has 0 radical (unpaired) electrons. The predicted octanol–water partition coefficient (Wildman–Crippen LogP) is 3.55. The summed E-state index contributed by atoms with van der Waals surface area (Å²) in [5.41, 5.74) is 2.61. The number of guanidine groups is 1. The van der Waals surface area contributed by atoms with E-state index in [9.17, 15) is 0 Å². The number of nitrogens with zero attached hydrogens (tertiary/aromatic N) is 2. The molecule has 2 aromatic carbocycles. The van der Waals surface area contributed by atoms with Crippen molar-refractivity contribution in [3.05, 3.63) is 60.2 Å². The Labute approximate surface area is 185 Å². The van der Waals surface area contributed by atoms with Crippen molar-refractivity contribution in [3.8, 4) is 5.75 Å². The number of ether oxygens (including phenoxy) is 1. The van der Waals surface area contributed by atoms with Gasteiger partial charge in [-0.05, 0) is 48.6 Å². The van der Waals surface area contributed by atoms with E-state index < -0.39 is 0 Å². The summed E-state index contributed by atoms with van der Waals surface area (Å²) in [5, 5.41) is 6.89. The Kier molecular flexibility index (Phi) is 9.40. The Morgan fingerprint density at radius 1 is 1.11 bits per heavy atom. The van der Waals surface area contributed by atoms with E-state index in [1.807, 2.05) is 19.2 Å². The molecule has 1 saturated heterocycles. The van der Waals surface area contributed by atoms with Gasteiger partial charge in [0.05, 0.1) is 7.11 Å². The van der Waals surface area contributed by atoms with E-state index in [0.29, 0.717) is 5.92 Å². The van der Waals surface area contributed by atoms with E-state index in [4.69, 9.17) is 4.74 Å². The average Bonchev–Trinajstić information content (AvgIpc) is 3.21. The minimum Gasteiger partial charge on any atom is -0.497 e. The molecule has 1 atom stereocenters. The van der Waals surface area contributed by atoms with Crippen LogP contribution in [0.15, 0.2) is 59.6 Å². The summed E-state index contributed by atoms with van der Waals surface area (Å²) >= 11 is 0. The van der Waals surface area contributed by atoms with E-state index in [1.54, 1.807) is 7.11 Å². The Hall–Kier alpha value is -1.96. The van der Waals surface area contributed by atoms with Gasteiger partial charge < -0.3 is 20.3 Å². The molecule has 0 aliphatic carbocycles. The quantitative estimate of drug-likeness (QED) is 0.351. The molecule has 1 unspecified atom stereocenters. The van der Waals surface area contributed by atoms with Crippen LogP contribution < -0.4 is 20.3 Å². The third kappa shape index (κ3) is 6.58. The Bertz CT molecular complexity index is 721. The molecule has 1 fully saturated rings. The van der Waals surface area contributed by atoms with Gasteiger partial charge in [-0.2, -0.15) is 0 Å². The van der Waals surface area contributed by atoms with E-state index in [0.717, 1.165) is 44.3 Å². The van der Waals surface area contributed by atoms with Gasteiger partial charge in [0, 0.05) is 38.9 Å². The van der Waals surface area contributed by atoms with E-state index in [2.05, 4.69) is 63.0 Å². The lowest BCUT2D eigenvalue weighted by molar-refractivity contribution is 0.414. The molecule has 5 nitrogen and oxygen atoms in total. The maximum absolute atomic E-state index is 5.20. The lowest BCUT2D eigenvalue weighted by Gasteiger charge is -2.19. The number of rotatable bonds is 7. The summed E-state index contributed by atoms with van der Waals surface area (Å²) in [7, 11) is 3.52. The van der Waals surface area contributed by atoms with Crippen LogP contribution in [-0.2, 0) is 6.42 Å². The zero-order valence-electron chi connectivity index (χ0n) is 16.7. The van der Waals surface area contributed by atoms with Crippen molar-refractivity contribution in [3.63, 3.8) is 0 Å². The first-order valence-corrected chi connectivity index (χ1v) is 9.66. The smallest absolute Gasteiger partial charge is 0.190 e. The third-order valence-electron chi connectivity index (χ3n) is 5.05. The largest absolute Gasteiger partial charge is 0.497 e. The topological polar surface area (TPSA) is 48.9 Å². The van der Waals surface area contributed by atoms with Crippen LogP contribution in [-0.4, -0.2) is 46.3 Å². The minimum absolute atomic E-state index is 0. The molecule has 3 rings (SSSR count). The number of anilines is 1. The SMILES string of the molecule is CN=C(NCCc1ccc(OC)cc1)NCC1CCN(c2ccccc2)C1.I. The second kappa shape index (κ2) is 11.8. The van der Waals surface area contributed by atoms with E-state index >= 15 is 0 Å². The fraction of sp³-hybridized carbons (Fsp3) is 0.409. The molecule has 28 heavy (non-hydrogen) atoms. The molecule has 1 heterocycles. The summed E-state index contributed by atoms with van der Waals surface area (Å²) in [4.78, 5) is 6.81. The monoisotopic (exact) mass is 494 g/mol. The van der Waals surface area contributed by atoms with Crippen LogP contribution in [0.25, 0.3) is 0 Å². The van der Waals surface area contributed by atoms with Gasteiger partial charge in [0.25, 0.3) is 0 Å². The average molecular weight is 494 g/mol. The van der Waals surface area contributed by atoms with Crippen molar-refractivity contribution >= 4 is 35.6 Å². The van der Waals surface area contributed by atoms with Crippen molar-refractivity contribution < 1.29 is 4.74 Å². The maximum Gasteiger partial charge on any atom is 0.190 e. The zero-order valence-corrected chi connectivity index (χ0v) is 19.1. The zero-order chi connectivity index (χ0) is 18.9. The van der Waals surface area contributed by atoms with E-state index in [-0.39, 0.29) is 24.0 Å². The highest BCUT2D eigenvalue weighted by atomic mass is 127. The van der Waals surface area contributed by atoms with Crippen molar-refractivity contribution in [2.24, 2.45) is 10.9 Å². The Morgan fingerprint density at radius 3 is 2.54 bits per heavy atom. The van der Waals surface area contributed by atoms with Crippen LogP contribution in [0.1, 0.15) is 12.0 Å². The highest BCUT2D eigenvalue weighted by Crippen LogP contribution is 2.22. The van der Waals surface area contributed by atoms with Crippen molar-refractivity contribution in [1.82, 2.24) is 10.6 Å². The lowest BCUT2D eigenvalue weighted by Crippen LogP contribution is -2.41. The van der Waals surface area contributed by atoms with Gasteiger partial charge in [-0.15, -0.1) is 24.0 Å². The van der Waals surface area contributed by atoms with Gasteiger partial charge in [0.1, 0.15) is 5.75 Å². The van der Waals surface area contributed by atoms with Crippen LogP contribution in [0.2, 0.25) is 0 Å². The molecule has 0 bridgehead atoms. The van der Waals surface area contributed by atoms with Crippen molar-refractivity contribution in [2.75, 3.05) is 45.2 Å². The number of para-hydroxylation sites is 1. The number of aliphatic imine (C=N–C) groups is 1. The number of halogens is 1. The number of nitrogens with one attached hydrogen (secondary N) is 2. The number of hydrogen-bond acceptors (Lipinski definition) is 3. The normalized spacial score (nSPS) is 16.4. The fourth-order valence-electron chi connectivity index (χ4n) is 3.45. The second-order valence-corrected chi connectivity index (χ2v) is 6.91. The molecule has 2 N–H and O–H groups in total. The van der Waals surface area contributed by atoms with Gasteiger partial charge in [0.2, 0.25) is 0 Å². The molecule has 0 spiro atoms. The lowest BCUT2D eigenvalue weighted by atomic mass is 10.1. The second-order valence-electron chi connectivity index (χ2n) is 6.91. The Balaban J connectivity index is 0.00000280. The number of hydrogen-bond donors (Lipinski definition) is 2. The summed E-state index contributed by atoms with van der Waals surface area (Å²) in [5.74, 6) is 2.41. The Morgan fingerprint density at radius 2 is 1.86 bits per heavy atom. The van der Waals surface area contributed by atoms with Crippen molar-refractivity contribution in [1.29, 1.82) is 0 Å². The van der Waals surface area contributed by atoms with Crippen LogP contribution in [0.3, 0.4) is 0 Å².